The van der Waals surface area contributed by atoms with E-state index in [1.807, 2.05) is 67.6 Å². The van der Waals surface area contributed by atoms with Crippen LogP contribution >= 0.6 is 0 Å². The van der Waals surface area contributed by atoms with Crippen molar-refractivity contribution in [2.45, 2.75) is 25.8 Å². The molecule has 1 amide bonds. The number of rotatable bonds is 6. The van der Waals surface area contributed by atoms with E-state index in [4.69, 9.17) is 0 Å². The molecule has 2 aromatic carbocycles. The van der Waals surface area contributed by atoms with Crippen LogP contribution in [0, 0.1) is 0 Å². The molecular formula is C22H22N2O2. The lowest BCUT2D eigenvalue weighted by Crippen LogP contribution is -2.21. The molecule has 4 heteroatoms. The second-order valence-electron chi connectivity index (χ2n) is 6.22. The Balaban J connectivity index is 1.68. The predicted octanol–water partition coefficient (Wildman–Crippen LogP) is 4.03. The molecule has 0 saturated carbocycles. The minimum atomic E-state index is -0.168. The summed E-state index contributed by atoms with van der Waals surface area (Å²) >= 11 is 0. The maximum atomic E-state index is 12.6. The van der Waals surface area contributed by atoms with E-state index in [2.05, 4.69) is 5.32 Å². The van der Waals surface area contributed by atoms with Gasteiger partial charge in [-0.1, -0.05) is 55.5 Å². The Labute approximate surface area is 153 Å². The SMILES string of the molecule is CC[C@H](C(=O)Nc1ccc(Cn2ccccc2=O)cc1)c1ccccc1. The number of anilines is 1. The van der Waals surface area contributed by atoms with E-state index in [0.29, 0.717) is 6.54 Å². The number of pyridine rings is 1. The van der Waals surface area contributed by atoms with Gasteiger partial charge in [0, 0.05) is 18.0 Å². The van der Waals surface area contributed by atoms with Crippen LogP contribution in [-0.2, 0) is 11.3 Å². The van der Waals surface area contributed by atoms with E-state index in [-0.39, 0.29) is 17.4 Å². The summed E-state index contributed by atoms with van der Waals surface area (Å²) in [5.74, 6) is -0.176. The van der Waals surface area contributed by atoms with Gasteiger partial charge in [0.25, 0.3) is 5.56 Å². The highest BCUT2D eigenvalue weighted by atomic mass is 16.2. The van der Waals surface area contributed by atoms with Gasteiger partial charge in [-0.3, -0.25) is 9.59 Å². The molecule has 4 nitrogen and oxygen atoms in total. The van der Waals surface area contributed by atoms with E-state index in [9.17, 15) is 9.59 Å². The summed E-state index contributed by atoms with van der Waals surface area (Å²) in [5.41, 5.74) is 2.76. The number of aromatic nitrogens is 1. The minimum Gasteiger partial charge on any atom is -0.326 e. The van der Waals surface area contributed by atoms with Gasteiger partial charge < -0.3 is 9.88 Å². The van der Waals surface area contributed by atoms with E-state index >= 15 is 0 Å². The predicted molar refractivity (Wildman–Crippen MR) is 104 cm³/mol. The molecule has 0 aliphatic heterocycles. The summed E-state index contributed by atoms with van der Waals surface area (Å²) in [4.78, 5) is 24.4. The molecule has 3 aromatic rings. The number of carbonyl (C=O) groups excluding carboxylic acids is 1. The van der Waals surface area contributed by atoms with Gasteiger partial charge >= 0.3 is 0 Å². The molecule has 132 valence electrons. The van der Waals surface area contributed by atoms with Crippen LogP contribution in [-0.4, -0.2) is 10.5 Å². The summed E-state index contributed by atoms with van der Waals surface area (Å²) in [6, 6.07) is 22.5. The standard InChI is InChI=1S/C22H22N2O2/c1-2-20(18-8-4-3-5-9-18)22(26)23-19-13-11-17(12-14-19)16-24-15-7-6-10-21(24)25/h3-15,20H,2,16H2,1H3,(H,23,26)/t20-/m0/s1. The van der Waals surface area contributed by atoms with Gasteiger partial charge in [-0.05, 0) is 35.7 Å². The first kappa shape index (κ1) is 17.7. The van der Waals surface area contributed by atoms with Crippen LogP contribution in [0.2, 0.25) is 0 Å². The van der Waals surface area contributed by atoms with Crippen molar-refractivity contribution in [1.29, 1.82) is 0 Å². The van der Waals surface area contributed by atoms with Crippen LogP contribution in [0.1, 0.15) is 30.4 Å². The van der Waals surface area contributed by atoms with E-state index in [0.717, 1.165) is 23.2 Å². The average Bonchev–Trinajstić information content (AvgIpc) is 2.67. The molecule has 1 atom stereocenters. The van der Waals surface area contributed by atoms with Crippen molar-refractivity contribution in [3.8, 4) is 0 Å². The normalized spacial score (nSPS) is 11.7. The van der Waals surface area contributed by atoms with Gasteiger partial charge in [0.1, 0.15) is 0 Å². The van der Waals surface area contributed by atoms with Crippen LogP contribution in [0.25, 0.3) is 0 Å². The van der Waals surface area contributed by atoms with Crippen LogP contribution < -0.4 is 10.9 Å². The zero-order valence-corrected chi connectivity index (χ0v) is 14.8. The molecule has 0 saturated heterocycles. The second kappa shape index (κ2) is 8.30. The summed E-state index contributed by atoms with van der Waals surface area (Å²) in [7, 11) is 0. The fourth-order valence-electron chi connectivity index (χ4n) is 2.97. The van der Waals surface area contributed by atoms with Gasteiger partial charge in [0.2, 0.25) is 5.91 Å². The number of benzene rings is 2. The van der Waals surface area contributed by atoms with Crippen LogP contribution in [0.5, 0.6) is 0 Å². The van der Waals surface area contributed by atoms with Gasteiger partial charge in [-0.2, -0.15) is 0 Å². The maximum Gasteiger partial charge on any atom is 0.250 e. The first-order valence-electron chi connectivity index (χ1n) is 8.77. The molecule has 0 fully saturated rings. The van der Waals surface area contributed by atoms with Gasteiger partial charge in [0.05, 0.1) is 12.5 Å². The summed E-state index contributed by atoms with van der Waals surface area (Å²) < 4.78 is 1.65. The smallest absolute Gasteiger partial charge is 0.250 e. The highest BCUT2D eigenvalue weighted by molar-refractivity contribution is 5.95. The molecule has 0 aliphatic rings. The van der Waals surface area contributed by atoms with Crippen LogP contribution in [0.15, 0.2) is 83.8 Å². The summed E-state index contributed by atoms with van der Waals surface area (Å²) in [6.45, 7) is 2.52. The van der Waals surface area contributed by atoms with Gasteiger partial charge in [-0.15, -0.1) is 0 Å². The summed E-state index contributed by atoms with van der Waals surface area (Å²) in [5, 5.41) is 2.99. The third-order valence-electron chi connectivity index (χ3n) is 4.40. The molecule has 0 radical (unpaired) electrons. The fourth-order valence-corrected chi connectivity index (χ4v) is 2.97. The van der Waals surface area contributed by atoms with Crippen molar-refractivity contribution in [3.05, 3.63) is 100 Å². The lowest BCUT2D eigenvalue weighted by molar-refractivity contribution is -0.117. The number of hydrogen-bond donors (Lipinski definition) is 1. The second-order valence-corrected chi connectivity index (χ2v) is 6.22. The van der Waals surface area contributed by atoms with Crippen molar-refractivity contribution in [1.82, 2.24) is 4.57 Å². The molecule has 1 aromatic heterocycles. The Hall–Kier alpha value is -3.14. The van der Waals surface area contributed by atoms with E-state index in [1.54, 1.807) is 22.9 Å². The average molecular weight is 346 g/mol. The van der Waals surface area contributed by atoms with Crippen molar-refractivity contribution in [2.75, 3.05) is 5.32 Å². The topological polar surface area (TPSA) is 51.1 Å². The molecule has 0 bridgehead atoms. The first-order chi connectivity index (χ1) is 12.7. The third kappa shape index (κ3) is 4.28. The van der Waals surface area contributed by atoms with E-state index < -0.39 is 0 Å². The molecule has 1 heterocycles. The Morgan fingerprint density at radius 3 is 2.31 bits per heavy atom. The lowest BCUT2D eigenvalue weighted by atomic mass is 9.95. The molecule has 26 heavy (non-hydrogen) atoms. The Kier molecular flexibility index (Phi) is 5.64. The number of nitrogens with zero attached hydrogens (tertiary/aromatic N) is 1. The zero-order chi connectivity index (χ0) is 18.4. The Bertz CT molecular complexity index is 915. The maximum absolute atomic E-state index is 12.6. The lowest BCUT2D eigenvalue weighted by Gasteiger charge is -2.15. The largest absolute Gasteiger partial charge is 0.326 e. The molecule has 3 rings (SSSR count). The molecule has 0 unspecified atom stereocenters. The van der Waals surface area contributed by atoms with E-state index in [1.165, 1.54) is 0 Å². The van der Waals surface area contributed by atoms with Crippen molar-refractivity contribution in [2.24, 2.45) is 0 Å². The molecule has 0 aliphatic carbocycles. The van der Waals surface area contributed by atoms with Crippen molar-refractivity contribution >= 4 is 11.6 Å². The van der Waals surface area contributed by atoms with Crippen LogP contribution in [0.4, 0.5) is 5.69 Å². The molecule has 1 N–H and O–H groups in total. The fraction of sp³-hybridized carbons (Fsp3) is 0.182. The number of carbonyl (C=O) groups is 1. The number of nitrogens with one attached hydrogen (secondary N) is 1. The Morgan fingerprint density at radius 2 is 1.65 bits per heavy atom. The minimum absolute atomic E-state index is 0.00858. The quantitative estimate of drug-likeness (QED) is 0.733. The van der Waals surface area contributed by atoms with Gasteiger partial charge in [0.15, 0.2) is 0 Å². The molecular weight excluding hydrogens is 324 g/mol. The number of hydrogen-bond acceptors (Lipinski definition) is 2. The Morgan fingerprint density at radius 1 is 0.962 bits per heavy atom. The highest BCUT2D eigenvalue weighted by Gasteiger charge is 2.18. The van der Waals surface area contributed by atoms with Crippen molar-refractivity contribution in [3.63, 3.8) is 0 Å². The zero-order valence-electron chi connectivity index (χ0n) is 14.8. The van der Waals surface area contributed by atoms with Crippen LogP contribution in [0.3, 0.4) is 0 Å². The molecule has 0 spiro atoms. The monoisotopic (exact) mass is 346 g/mol. The first-order valence-corrected chi connectivity index (χ1v) is 8.77. The highest BCUT2D eigenvalue weighted by Crippen LogP contribution is 2.21. The third-order valence-corrected chi connectivity index (χ3v) is 4.40. The van der Waals surface area contributed by atoms with Crippen molar-refractivity contribution < 1.29 is 4.79 Å². The van der Waals surface area contributed by atoms with Gasteiger partial charge in [-0.25, -0.2) is 0 Å². The number of amides is 1. The summed E-state index contributed by atoms with van der Waals surface area (Å²) in [6.07, 6.45) is 2.51.